The molecule has 30 heavy (non-hydrogen) atoms. The molecule has 0 saturated carbocycles. The lowest BCUT2D eigenvalue weighted by Crippen LogP contribution is -2.48. The minimum absolute atomic E-state index is 0.0357. The number of alkyl halides is 3. The number of ether oxygens (including phenoxy) is 1. The average molecular weight is 427 g/mol. The Morgan fingerprint density at radius 2 is 2.00 bits per heavy atom. The number of aromatic nitrogens is 3. The molecule has 3 atom stereocenters. The van der Waals surface area contributed by atoms with Crippen LogP contribution >= 0.6 is 0 Å². The highest BCUT2D eigenvalue weighted by molar-refractivity contribution is 5.30. The number of benzene rings is 1. The van der Waals surface area contributed by atoms with E-state index in [2.05, 4.69) is 20.3 Å². The van der Waals surface area contributed by atoms with E-state index in [0.29, 0.717) is 12.4 Å². The van der Waals surface area contributed by atoms with Crippen LogP contribution in [0, 0.1) is 11.7 Å². The zero-order valence-electron chi connectivity index (χ0n) is 16.5. The van der Waals surface area contributed by atoms with Gasteiger partial charge in [-0.2, -0.15) is 23.3 Å². The summed E-state index contributed by atoms with van der Waals surface area (Å²) in [5, 5.41) is 6.93. The molecule has 1 saturated heterocycles. The molecule has 0 amide bonds. The van der Waals surface area contributed by atoms with Crippen molar-refractivity contribution in [3.63, 3.8) is 0 Å². The van der Waals surface area contributed by atoms with Gasteiger partial charge in [-0.25, -0.2) is 9.07 Å². The van der Waals surface area contributed by atoms with Crippen LogP contribution in [0.3, 0.4) is 0 Å². The van der Waals surface area contributed by atoms with Crippen LogP contribution in [-0.2, 0) is 0 Å². The van der Waals surface area contributed by atoms with Gasteiger partial charge in [0.2, 0.25) is 5.95 Å². The van der Waals surface area contributed by atoms with Crippen molar-refractivity contribution in [1.29, 1.82) is 0 Å². The monoisotopic (exact) mass is 427 g/mol. The number of likely N-dealkylation sites (tertiary alicyclic amines) is 1. The number of halogens is 4. The third kappa shape index (κ3) is 4.85. The van der Waals surface area contributed by atoms with Gasteiger partial charge in [0.1, 0.15) is 17.9 Å². The van der Waals surface area contributed by atoms with Gasteiger partial charge in [0.15, 0.2) is 6.04 Å². The first-order chi connectivity index (χ1) is 14.4. The number of fused-ring (bicyclic) bond motifs is 1. The first-order valence-electron chi connectivity index (χ1n) is 10.2. The van der Waals surface area contributed by atoms with Crippen LogP contribution in [-0.4, -0.2) is 58.1 Å². The van der Waals surface area contributed by atoms with Crippen molar-refractivity contribution in [2.45, 2.75) is 43.9 Å². The van der Waals surface area contributed by atoms with E-state index in [1.54, 1.807) is 12.1 Å². The van der Waals surface area contributed by atoms with E-state index in [-0.39, 0.29) is 30.1 Å². The Balaban J connectivity index is 1.29. The van der Waals surface area contributed by atoms with E-state index in [1.807, 2.05) is 0 Å². The topological polar surface area (TPSA) is 55.2 Å². The summed E-state index contributed by atoms with van der Waals surface area (Å²) in [5.74, 6) is 0.635. The lowest BCUT2D eigenvalue weighted by Gasteiger charge is -2.41. The summed E-state index contributed by atoms with van der Waals surface area (Å²) in [5.41, 5.74) is 0. The Morgan fingerprint density at radius 3 is 2.77 bits per heavy atom. The summed E-state index contributed by atoms with van der Waals surface area (Å²) in [6.45, 7) is 2.99. The highest BCUT2D eigenvalue weighted by Gasteiger charge is 2.48. The van der Waals surface area contributed by atoms with Gasteiger partial charge in [0.05, 0.1) is 6.61 Å². The molecule has 1 N–H and O–H groups in total. The fourth-order valence-electron chi connectivity index (χ4n) is 4.36. The van der Waals surface area contributed by atoms with Crippen molar-refractivity contribution >= 4 is 5.95 Å². The highest BCUT2D eigenvalue weighted by atomic mass is 19.4. The molecule has 4 rings (SSSR count). The molecule has 2 aromatic rings. The molecule has 1 aromatic carbocycles. The van der Waals surface area contributed by atoms with Crippen molar-refractivity contribution in [2.75, 3.05) is 31.6 Å². The molecule has 1 aromatic heterocycles. The SMILES string of the molecule is Fc1ccc(OCCCN2CCC[C@@H]([C@@H]3C[C@H](C(F)(F)F)n4ncnc4N3)C2)cc1. The zero-order chi connectivity index (χ0) is 21.1. The predicted molar refractivity (Wildman–Crippen MR) is 103 cm³/mol. The maximum absolute atomic E-state index is 13.5. The van der Waals surface area contributed by atoms with Gasteiger partial charge in [0, 0.05) is 19.1 Å². The van der Waals surface area contributed by atoms with E-state index in [4.69, 9.17) is 4.74 Å². The van der Waals surface area contributed by atoms with Crippen LogP contribution in [0.25, 0.3) is 0 Å². The Morgan fingerprint density at radius 1 is 1.20 bits per heavy atom. The quantitative estimate of drug-likeness (QED) is 0.560. The molecule has 0 spiro atoms. The number of nitrogens with one attached hydrogen (secondary N) is 1. The van der Waals surface area contributed by atoms with Crippen LogP contribution < -0.4 is 10.1 Å². The molecule has 0 radical (unpaired) electrons. The summed E-state index contributed by atoms with van der Waals surface area (Å²) >= 11 is 0. The van der Waals surface area contributed by atoms with Gasteiger partial charge in [-0.15, -0.1) is 0 Å². The second kappa shape index (κ2) is 8.79. The van der Waals surface area contributed by atoms with Crippen LogP contribution in [0.1, 0.15) is 31.7 Å². The maximum atomic E-state index is 13.5. The first kappa shape index (κ1) is 20.9. The van der Waals surface area contributed by atoms with Gasteiger partial charge < -0.3 is 15.0 Å². The minimum Gasteiger partial charge on any atom is -0.494 e. The molecule has 0 aliphatic carbocycles. The third-order valence-electron chi connectivity index (χ3n) is 5.85. The molecule has 0 bridgehead atoms. The molecule has 3 heterocycles. The largest absolute Gasteiger partial charge is 0.494 e. The Hall–Kier alpha value is -2.36. The van der Waals surface area contributed by atoms with E-state index in [1.165, 1.54) is 12.1 Å². The highest BCUT2D eigenvalue weighted by Crippen LogP contribution is 2.40. The van der Waals surface area contributed by atoms with E-state index < -0.39 is 12.2 Å². The molecule has 6 nitrogen and oxygen atoms in total. The van der Waals surface area contributed by atoms with Gasteiger partial charge in [0.25, 0.3) is 0 Å². The van der Waals surface area contributed by atoms with Crippen molar-refractivity contribution in [3.05, 3.63) is 36.4 Å². The number of nitrogens with zero attached hydrogens (tertiary/aromatic N) is 4. The minimum atomic E-state index is -4.35. The Labute approximate surface area is 172 Å². The molecular formula is C20H25F4N5O. The van der Waals surface area contributed by atoms with Crippen LogP contribution in [0.4, 0.5) is 23.5 Å². The average Bonchev–Trinajstić information content (AvgIpc) is 3.20. The molecule has 164 valence electrons. The van der Waals surface area contributed by atoms with Gasteiger partial charge in [-0.05, 0) is 62.4 Å². The van der Waals surface area contributed by atoms with Crippen molar-refractivity contribution in [3.8, 4) is 5.75 Å². The van der Waals surface area contributed by atoms with Crippen LogP contribution in [0.15, 0.2) is 30.6 Å². The first-order valence-corrected chi connectivity index (χ1v) is 10.2. The van der Waals surface area contributed by atoms with Crippen LogP contribution in [0.2, 0.25) is 0 Å². The summed E-state index contributed by atoms with van der Waals surface area (Å²) in [6.07, 6.45) is -0.593. The van der Waals surface area contributed by atoms with E-state index in [9.17, 15) is 17.6 Å². The standard InChI is InChI=1S/C20H25F4N5O/c21-15-4-6-16(7-5-15)30-10-2-9-28-8-1-3-14(12-28)17-11-18(20(22,23)24)29-19(27-17)25-13-26-29/h4-7,13-14,17-18H,1-3,8-12H2,(H,25,26,27)/t14-,17+,18-/m1/s1. The smallest absolute Gasteiger partial charge is 0.411 e. The Kier molecular flexibility index (Phi) is 6.12. The van der Waals surface area contributed by atoms with Crippen LogP contribution in [0.5, 0.6) is 5.75 Å². The fourth-order valence-corrected chi connectivity index (χ4v) is 4.36. The number of piperidine rings is 1. The van der Waals surface area contributed by atoms with E-state index >= 15 is 0 Å². The second-order valence-electron chi connectivity index (χ2n) is 7.93. The number of hydrogen-bond acceptors (Lipinski definition) is 5. The van der Waals surface area contributed by atoms with E-state index in [0.717, 1.165) is 49.9 Å². The summed E-state index contributed by atoms with van der Waals surface area (Å²) < 4.78 is 60.1. The maximum Gasteiger partial charge on any atom is 0.411 e. The number of hydrogen-bond donors (Lipinski definition) is 1. The lowest BCUT2D eigenvalue weighted by atomic mass is 9.86. The summed E-state index contributed by atoms with van der Waals surface area (Å²) in [6, 6.07) is 3.98. The molecule has 2 aliphatic heterocycles. The van der Waals surface area contributed by atoms with Gasteiger partial charge in [-0.1, -0.05) is 0 Å². The van der Waals surface area contributed by atoms with Gasteiger partial charge in [-0.3, -0.25) is 0 Å². The third-order valence-corrected chi connectivity index (χ3v) is 5.85. The zero-order valence-corrected chi connectivity index (χ0v) is 16.5. The molecule has 2 aliphatic rings. The summed E-state index contributed by atoms with van der Waals surface area (Å²) in [7, 11) is 0. The predicted octanol–water partition coefficient (Wildman–Crippen LogP) is 3.89. The normalized spacial score (nSPS) is 24.9. The lowest BCUT2D eigenvalue weighted by molar-refractivity contribution is -0.174. The molecule has 10 heteroatoms. The van der Waals surface area contributed by atoms with Crippen molar-refractivity contribution in [2.24, 2.45) is 5.92 Å². The molecular weight excluding hydrogens is 402 g/mol. The number of anilines is 1. The van der Waals surface area contributed by atoms with Gasteiger partial charge >= 0.3 is 6.18 Å². The fraction of sp³-hybridized carbons (Fsp3) is 0.600. The molecule has 1 fully saturated rings. The Bertz CT molecular complexity index is 825. The van der Waals surface area contributed by atoms with Crippen molar-refractivity contribution in [1.82, 2.24) is 19.7 Å². The molecule has 0 unspecified atom stereocenters. The van der Waals surface area contributed by atoms with Crippen molar-refractivity contribution < 1.29 is 22.3 Å². The second-order valence-corrected chi connectivity index (χ2v) is 7.93. The summed E-state index contributed by atoms with van der Waals surface area (Å²) in [4.78, 5) is 6.25. The number of rotatable bonds is 6.